The molecule has 0 aromatic heterocycles. The maximum Gasteiger partial charge on any atom is 0.205 e. The van der Waals surface area contributed by atoms with Crippen LogP contribution < -0.4 is 0 Å². The van der Waals surface area contributed by atoms with Gasteiger partial charge in [-0.05, 0) is 31.6 Å². The fourth-order valence-corrected chi connectivity index (χ4v) is 11.3. The Hall–Kier alpha value is -0.710. The minimum absolute atomic E-state index is 0.00998. The first-order valence-corrected chi connectivity index (χ1v) is 10.1. The van der Waals surface area contributed by atoms with E-state index >= 15 is 0 Å². The van der Waals surface area contributed by atoms with Crippen LogP contribution in [0.15, 0.2) is 12.2 Å². The quantitative estimate of drug-likeness (QED) is 0.518. The second-order valence-electron chi connectivity index (χ2n) is 11.5. The molecule has 9 aliphatic rings. The summed E-state index contributed by atoms with van der Waals surface area (Å²) in [7, 11) is 2.24. The number of Topliss-reactive ketones (excluding diaryl/α,β-unsaturated/α-hetero) is 1. The van der Waals surface area contributed by atoms with Crippen molar-refractivity contribution in [2.45, 2.75) is 56.9 Å². The molecule has 0 radical (unpaired) electrons. The van der Waals surface area contributed by atoms with Crippen molar-refractivity contribution in [1.82, 2.24) is 0 Å². The van der Waals surface area contributed by atoms with Crippen molar-refractivity contribution in [3.63, 3.8) is 0 Å². The van der Waals surface area contributed by atoms with Gasteiger partial charge < -0.3 is 10.2 Å². The molecule has 3 saturated heterocycles. The molecule has 0 unspecified atom stereocenters. The van der Waals surface area contributed by atoms with Gasteiger partial charge in [0.1, 0.15) is 11.8 Å². The van der Waals surface area contributed by atoms with Gasteiger partial charge in [-0.3, -0.25) is 9.28 Å². The number of hydrogen-bond donors (Lipinski definition) is 2. The van der Waals surface area contributed by atoms with Crippen molar-refractivity contribution in [2.24, 2.45) is 39.9 Å². The summed E-state index contributed by atoms with van der Waals surface area (Å²) < 4.78 is 0.689. The smallest absolute Gasteiger partial charge is 0.205 e. The van der Waals surface area contributed by atoms with Crippen molar-refractivity contribution in [3.8, 4) is 0 Å². The second-order valence-corrected chi connectivity index (χ2v) is 11.5. The maximum absolute atomic E-state index is 13.5. The second kappa shape index (κ2) is 3.29. The van der Waals surface area contributed by atoms with Gasteiger partial charge in [-0.1, -0.05) is 19.1 Å². The number of piperidine rings is 2. The van der Waals surface area contributed by atoms with Crippen molar-refractivity contribution in [3.05, 3.63) is 12.2 Å². The standard InChI is InChI=1S/C21H28NO3/c1-10-5-19-8-21(25)17-18(2)6-11(23)7-20(17)13(19)4-12(10)15(24)14(19)16(20)22(21,3)9-18/h11-14,16-17,23,25H,1,4-9H2,2-3H3/q+1/t11-,12-,13+,14+,16+,17+,18-,19-,20-,21+,22-/m0/s1. The number of allylic oxidation sites excluding steroid dienone is 1. The Morgan fingerprint density at radius 3 is 2.84 bits per heavy atom. The molecule has 9 fully saturated rings. The molecule has 9 bridgehead atoms. The Balaban J connectivity index is 1.59. The fraction of sp³-hybridized carbons (Fsp3) is 0.857. The van der Waals surface area contributed by atoms with Gasteiger partial charge in [0.05, 0.1) is 31.5 Å². The van der Waals surface area contributed by atoms with Gasteiger partial charge in [0.2, 0.25) is 5.72 Å². The summed E-state index contributed by atoms with van der Waals surface area (Å²) in [6, 6.07) is 0.231. The highest BCUT2D eigenvalue weighted by Gasteiger charge is 2.98. The summed E-state index contributed by atoms with van der Waals surface area (Å²) in [5, 5.41) is 23.0. The van der Waals surface area contributed by atoms with Crippen LogP contribution in [0, 0.1) is 39.9 Å². The van der Waals surface area contributed by atoms with E-state index in [2.05, 4.69) is 20.6 Å². The molecule has 4 heteroatoms. The summed E-state index contributed by atoms with van der Waals surface area (Å²) in [5.41, 5.74) is 0.359. The molecule has 2 N–H and O–H groups in total. The van der Waals surface area contributed by atoms with E-state index in [1.54, 1.807) is 0 Å². The average molecular weight is 342 g/mol. The number of quaternary nitrogens is 1. The van der Waals surface area contributed by atoms with Crippen LogP contribution >= 0.6 is 0 Å². The summed E-state index contributed by atoms with van der Waals surface area (Å²) in [4.78, 5) is 13.5. The van der Waals surface area contributed by atoms with Crippen LogP contribution in [-0.2, 0) is 4.79 Å². The van der Waals surface area contributed by atoms with Gasteiger partial charge in [0.15, 0.2) is 0 Å². The SMILES string of the molecule is C=C1C[C@]23C[C@@]4(O)[C@@H]5[C@@]6(C)C[C@H](O)C[C@@]57[C@@H]2C[C@@H]1C(=O)[C@@H]3[C@H]7[N@+]4(C)C6. The number of aliphatic hydroxyl groups is 2. The molecule has 134 valence electrons. The molecule has 25 heavy (non-hydrogen) atoms. The fourth-order valence-electron chi connectivity index (χ4n) is 11.3. The van der Waals surface area contributed by atoms with Gasteiger partial charge in [0, 0.05) is 28.6 Å². The number of rotatable bonds is 0. The third-order valence-electron chi connectivity index (χ3n) is 10.8. The molecule has 0 amide bonds. The Morgan fingerprint density at radius 1 is 1.32 bits per heavy atom. The third-order valence-corrected chi connectivity index (χ3v) is 10.8. The van der Waals surface area contributed by atoms with E-state index < -0.39 is 5.72 Å². The first kappa shape index (κ1) is 14.4. The topological polar surface area (TPSA) is 57.5 Å². The Labute approximate surface area is 148 Å². The van der Waals surface area contributed by atoms with Crippen molar-refractivity contribution >= 4 is 5.78 Å². The lowest BCUT2D eigenvalue weighted by Crippen LogP contribution is -2.71. The van der Waals surface area contributed by atoms with Crippen LogP contribution in [0.3, 0.4) is 0 Å². The first-order valence-electron chi connectivity index (χ1n) is 10.1. The summed E-state index contributed by atoms with van der Waals surface area (Å²) >= 11 is 0. The molecule has 0 aromatic rings. The van der Waals surface area contributed by atoms with E-state index in [1.165, 1.54) is 0 Å². The predicted octanol–water partition coefficient (Wildman–Crippen LogP) is 1.47. The zero-order valence-corrected chi connectivity index (χ0v) is 15.2. The van der Waals surface area contributed by atoms with E-state index in [1.807, 2.05) is 0 Å². The Kier molecular flexibility index (Phi) is 1.89. The summed E-state index contributed by atoms with van der Waals surface area (Å²) in [6.07, 6.45) is 4.03. The highest BCUT2D eigenvalue weighted by atomic mass is 16.3. The third kappa shape index (κ3) is 0.989. The van der Waals surface area contributed by atoms with Gasteiger partial charge >= 0.3 is 0 Å². The minimum atomic E-state index is -0.697. The number of aliphatic hydroxyl groups excluding tert-OH is 1. The molecule has 9 rings (SSSR count). The molecule has 11 atom stereocenters. The molecule has 6 aliphatic carbocycles. The van der Waals surface area contributed by atoms with Crippen LogP contribution in [0.1, 0.15) is 39.0 Å². The van der Waals surface area contributed by atoms with E-state index in [-0.39, 0.29) is 46.1 Å². The molecule has 4 nitrogen and oxygen atoms in total. The zero-order chi connectivity index (χ0) is 17.4. The van der Waals surface area contributed by atoms with Crippen LogP contribution in [0.25, 0.3) is 0 Å². The van der Waals surface area contributed by atoms with Gasteiger partial charge in [0.25, 0.3) is 0 Å². The molecular weight excluding hydrogens is 314 g/mol. The molecule has 2 spiro atoms. The van der Waals surface area contributed by atoms with Gasteiger partial charge in [-0.2, -0.15) is 0 Å². The molecular formula is C21H28NO3+. The summed E-state index contributed by atoms with van der Waals surface area (Å²) in [6.45, 7) is 7.51. The van der Waals surface area contributed by atoms with Crippen molar-refractivity contribution in [1.29, 1.82) is 0 Å². The Bertz CT molecular complexity index is 809. The van der Waals surface area contributed by atoms with Gasteiger partial charge in [-0.15, -0.1) is 0 Å². The number of carbonyl (C=O) groups excluding carboxylic acids is 1. The van der Waals surface area contributed by atoms with Crippen molar-refractivity contribution in [2.75, 3.05) is 13.6 Å². The highest BCUT2D eigenvalue weighted by molar-refractivity contribution is 5.91. The molecule has 3 aliphatic heterocycles. The van der Waals surface area contributed by atoms with E-state index in [0.29, 0.717) is 16.2 Å². The van der Waals surface area contributed by atoms with Crippen LogP contribution in [0.4, 0.5) is 0 Å². The number of nitrogens with zero attached hydrogens (tertiary/aromatic N) is 1. The first-order chi connectivity index (χ1) is 11.6. The van der Waals surface area contributed by atoms with Crippen LogP contribution in [0.2, 0.25) is 0 Å². The lowest BCUT2D eigenvalue weighted by Gasteiger charge is -2.63. The molecule has 0 aromatic carbocycles. The number of hydrogen-bond acceptors (Lipinski definition) is 3. The average Bonchev–Trinajstić information content (AvgIpc) is 2.75. The minimum Gasteiger partial charge on any atom is -0.393 e. The normalized spacial score (nSPS) is 73.6. The predicted molar refractivity (Wildman–Crippen MR) is 90.0 cm³/mol. The van der Waals surface area contributed by atoms with E-state index in [0.717, 1.165) is 44.2 Å². The zero-order valence-electron chi connectivity index (χ0n) is 15.2. The number of fused-ring (bicyclic) bond motifs is 1. The monoisotopic (exact) mass is 342 g/mol. The lowest BCUT2D eigenvalue weighted by molar-refractivity contribution is -0.994. The maximum atomic E-state index is 13.5. The molecule has 3 heterocycles. The van der Waals surface area contributed by atoms with Gasteiger partial charge in [-0.25, -0.2) is 0 Å². The van der Waals surface area contributed by atoms with Crippen molar-refractivity contribution < 1.29 is 19.5 Å². The van der Waals surface area contributed by atoms with E-state index in [4.69, 9.17) is 0 Å². The van der Waals surface area contributed by atoms with Crippen LogP contribution in [0.5, 0.6) is 0 Å². The largest absolute Gasteiger partial charge is 0.393 e. The lowest BCUT2D eigenvalue weighted by atomic mass is 9.40. The van der Waals surface area contributed by atoms with Crippen LogP contribution in [-0.4, -0.2) is 51.9 Å². The number of carbonyl (C=O) groups is 1. The molecule has 6 saturated carbocycles. The highest BCUT2D eigenvalue weighted by Crippen LogP contribution is 2.90. The van der Waals surface area contributed by atoms with E-state index in [9.17, 15) is 15.0 Å². The number of ketones is 1. The summed E-state index contributed by atoms with van der Waals surface area (Å²) in [5.74, 6) is 1.35. The Morgan fingerprint density at radius 2 is 2.08 bits per heavy atom.